The Morgan fingerprint density at radius 2 is 1.73 bits per heavy atom. The highest BCUT2D eigenvalue weighted by Crippen LogP contribution is 2.12. The molecule has 0 aromatic heterocycles. The SMILES string of the molecule is C[C@@H](C(=O)NCc1ccccc1)N(C)Cc1ccc(Br)cc1. The van der Waals surface area contributed by atoms with Crippen LogP contribution in [0.4, 0.5) is 0 Å². The minimum atomic E-state index is -0.174. The topological polar surface area (TPSA) is 32.3 Å². The van der Waals surface area contributed by atoms with Crippen LogP contribution in [0.1, 0.15) is 18.1 Å². The molecule has 0 aliphatic carbocycles. The first-order valence-corrected chi connectivity index (χ1v) is 8.12. The van der Waals surface area contributed by atoms with Crippen LogP contribution in [-0.4, -0.2) is 23.9 Å². The lowest BCUT2D eigenvalue weighted by atomic mass is 10.2. The van der Waals surface area contributed by atoms with Crippen molar-refractivity contribution in [1.29, 1.82) is 0 Å². The van der Waals surface area contributed by atoms with Crippen molar-refractivity contribution in [3.8, 4) is 0 Å². The van der Waals surface area contributed by atoms with Crippen molar-refractivity contribution < 1.29 is 4.79 Å². The molecule has 1 atom stereocenters. The Morgan fingerprint density at radius 1 is 1.09 bits per heavy atom. The van der Waals surface area contributed by atoms with E-state index in [0.29, 0.717) is 6.54 Å². The number of amides is 1. The molecule has 0 heterocycles. The van der Waals surface area contributed by atoms with E-state index in [4.69, 9.17) is 0 Å². The van der Waals surface area contributed by atoms with Crippen LogP contribution < -0.4 is 5.32 Å². The number of hydrogen-bond acceptors (Lipinski definition) is 2. The fourth-order valence-electron chi connectivity index (χ4n) is 2.15. The van der Waals surface area contributed by atoms with Crippen molar-refractivity contribution in [1.82, 2.24) is 10.2 Å². The van der Waals surface area contributed by atoms with Crippen LogP contribution in [0.5, 0.6) is 0 Å². The van der Waals surface area contributed by atoms with Gasteiger partial charge in [-0.1, -0.05) is 58.4 Å². The first-order valence-electron chi connectivity index (χ1n) is 7.32. The summed E-state index contributed by atoms with van der Waals surface area (Å²) >= 11 is 3.43. The summed E-state index contributed by atoms with van der Waals surface area (Å²) in [5, 5.41) is 2.99. The molecule has 0 fully saturated rings. The number of likely N-dealkylation sites (N-methyl/N-ethyl adjacent to an activating group) is 1. The fourth-order valence-corrected chi connectivity index (χ4v) is 2.41. The summed E-state index contributed by atoms with van der Waals surface area (Å²) in [5.74, 6) is 0.0449. The smallest absolute Gasteiger partial charge is 0.237 e. The Bertz CT molecular complexity index is 598. The molecule has 0 unspecified atom stereocenters. The number of rotatable bonds is 6. The van der Waals surface area contributed by atoms with Crippen LogP contribution in [0.15, 0.2) is 59.1 Å². The van der Waals surface area contributed by atoms with E-state index in [0.717, 1.165) is 16.6 Å². The number of nitrogens with one attached hydrogen (secondary N) is 1. The van der Waals surface area contributed by atoms with Crippen LogP contribution in [0.3, 0.4) is 0 Å². The Morgan fingerprint density at radius 3 is 2.36 bits per heavy atom. The monoisotopic (exact) mass is 360 g/mol. The molecule has 116 valence electrons. The second-order valence-electron chi connectivity index (χ2n) is 5.42. The van der Waals surface area contributed by atoms with Crippen LogP contribution in [0.25, 0.3) is 0 Å². The molecule has 2 aromatic carbocycles. The fraction of sp³-hybridized carbons (Fsp3) is 0.278. The standard InChI is InChI=1S/C18H21BrN2O/c1-14(18(22)20-12-15-6-4-3-5-7-15)21(2)13-16-8-10-17(19)11-9-16/h3-11,14H,12-13H2,1-2H3,(H,20,22)/t14-/m0/s1. The average molecular weight is 361 g/mol. The molecule has 22 heavy (non-hydrogen) atoms. The van der Waals surface area contributed by atoms with Gasteiger partial charge < -0.3 is 5.32 Å². The first kappa shape index (κ1) is 16.7. The maximum Gasteiger partial charge on any atom is 0.237 e. The van der Waals surface area contributed by atoms with Crippen molar-refractivity contribution in [2.24, 2.45) is 0 Å². The highest BCUT2D eigenvalue weighted by molar-refractivity contribution is 9.10. The molecule has 0 bridgehead atoms. The number of nitrogens with zero attached hydrogens (tertiary/aromatic N) is 1. The Kier molecular flexibility index (Phi) is 6.16. The van der Waals surface area contributed by atoms with E-state index in [1.165, 1.54) is 5.56 Å². The van der Waals surface area contributed by atoms with Gasteiger partial charge in [0.1, 0.15) is 0 Å². The van der Waals surface area contributed by atoms with Gasteiger partial charge >= 0.3 is 0 Å². The van der Waals surface area contributed by atoms with E-state index in [9.17, 15) is 4.79 Å². The van der Waals surface area contributed by atoms with Gasteiger partial charge in [0.05, 0.1) is 6.04 Å². The molecule has 4 heteroatoms. The van der Waals surface area contributed by atoms with Gasteiger partial charge in [-0.15, -0.1) is 0 Å². The highest BCUT2D eigenvalue weighted by Gasteiger charge is 2.17. The molecule has 0 aliphatic rings. The van der Waals surface area contributed by atoms with E-state index < -0.39 is 0 Å². The molecule has 0 saturated carbocycles. The van der Waals surface area contributed by atoms with Crippen LogP contribution in [0, 0.1) is 0 Å². The average Bonchev–Trinajstić information content (AvgIpc) is 2.55. The van der Waals surface area contributed by atoms with E-state index in [1.54, 1.807) is 0 Å². The third kappa shape index (κ3) is 4.97. The van der Waals surface area contributed by atoms with Crippen molar-refractivity contribution >= 4 is 21.8 Å². The van der Waals surface area contributed by atoms with E-state index in [1.807, 2.05) is 61.3 Å². The van der Waals surface area contributed by atoms with Crippen molar-refractivity contribution in [2.45, 2.75) is 26.1 Å². The molecule has 2 rings (SSSR count). The molecular weight excluding hydrogens is 340 g/mol. The summed E-state index contributed by atoms with van der Waals surface area (Å²) < 4.78 is 1.06. The molecule has 0 spiro atoms. The molecular formula is C18H21BrN2O. The van der Waals surface area contributed by atoms with Crippen molar-refractivity contribution in [3.63, 3.8) is 0 Å². The number of carbonyl (C=O) groups excluding carboxylic acids is 1. The maximum absolute atomic E-state index is 12.2. The molecule has 0 aliphatic heterocycles. The third-order valence-electron chi connectivity index (χ3n) is 3.70. The van der Waals surface area contributed by atoms with Crippen LogP contribution >= 0.6 is 15.9 Å². The van der Waals surface area contributed by atoms with Gasteiger partial charge in [0.15, 0.2) is 0 Å². The minimum absolute atomic E-state index is 0.0449. The van der Waals surface area contributed by atoms with Crippen LogP contribution in [0.2, 0.25) is 0 Å². The van der Waals surface area contributed by atoms with Gasteiger partial charge in [0.2, 0.25) is 5.91 Å². The van der Waals surface area contributed by atoms with E-state index in [2.05, 4.69) is 33.4 Å². The highest BCUT2D eigenvalue weighted by atomic mass is 79.9. The molecule has 0 saturated heterocycles. The number of carbonyl (C=O) groups is 1. The predicted octanol–water partition coefficient (Wildman–Crippen LogP) is 3.59. The Hall–Kier alpha value is -1.65. The summed E-state index contributed by atoms with van der Waals surface area (Å²) in [6.07, 6.45) is 0. The summed E-state index contributed by atoms with van der Waals surface area (Å²) in [6, 6.07) is 17.9. The molecule has 3 nitrogen and oxygen atoms in total. The van der Waals surface area contributed by atoms with Crippen molar-refractivity contribution in [3.05, 3.63) is 70.2 Å². The summed E-state index contributed by atoms with van der Waals surface area (Å²) in [4.78, 5) is 14.3. The molecule has 1 N–H and O–H groups in total. The first-order chi connectivity index (χ1) is 10.6. The summed E-state index contributed by atoms with van der Waals surface area (Å²) in [7, 11) is 1.97. The summed E-state index contributed by atoms with van der Waals surface area (Å²) in [5.41, 5.74) is 2.30. The van der Waals surface area contributed by atoms with Crippen molar-refractivity contribution in [2.75, 3.05) is 7.05 Å². The lowest BCUT2D eigenvalue weighted by molar-refractivity contribution is -0.125. The molecule has 0 radical (unpaired) electrons. The Labute approximate surface area is 140 Å². The number of benzene rings is 2. The summed E-state index contributed by atoms with van der Waals surface area (Å²) in [6.45, 7) is 3.24. The second-order valence-corrected chi connectivity index (χ2v) is 6.34. The van der Waals surface area contributed by atoms with E-state index in [-0.39, 0.29) is 11.9 Å². The quantitative estimate of drug-likeness (QED) is 0.853. The van der Waals surface area contributed by atoms with Gasteiger partial charge in [0.25, 0.3) is 0 Å². The molecule has 2 aromatic rings. The zero-order valence-corrected chi connectivity index (χ0v) is 14.5. The minimum Gasteiger partial charge on any atom is -0.351 e. The number of halogens is 1. The van der Waals surface area contributed by atoms with Gasteiger partial charge in [-0.25, -0.2) is 0 Å². The Balaban J connectivity index is 1.85. The lowest BCUT2D eigenvalue weighted by Gasteiger charge is -2.24. The van der Waals surface area contributed by atoms with Gasteiger partial charge in [-0.3, -0.25) is 9.69 Å². The zero-order valence-electron chi connectivity index (χ0n) is 12.9. The van der Waals surface area contributed by atoms with Gasteiger partial charge in [-0.05, 0) is 37.2 Å². The maximum atomic E-state index is 12.2. The van der Waals surface area contributed by atoms with E-state index >= 15 is 0 Å². The predicted molar refractivity (Wildman–Crippen MR) is 93.4 cm³/mol. The normalized spacial score (nSPS) is 12.2. The van der Waals surface area contributed by atoms with Gasteiger partial charge in [-0.2, -0.15) is 0 Å². The zero-order chi connectivity index (χ0) is 15.9. The van der Waals surface area contributed by atoms with Crippen LogP contribution in [-0.2, 0) is 17.9 Å². The largest absolute Gasteiger partial charge is 0.351 e. The third-order valence-corrected chi connectivity index (χ3v) is 4.22. The molecule has 1 amide bonds. The lowest BCUT2D eigenvalue weighted by Crippen LogP contribution is -2.42. The second kappa shape index (κ2) is 8.11. The number of hydrogen-bond donors (Lipinski definition) is 1. The van der Waals surface area contributed by atoms with Gasteiger partial charge in [0, 0.05) is 17.6 Å².